The Morgan fingerprint density at radius 1 is 1.23 bits per heavy atom. The van der Waals surface area contributed by atoms with Gasteiger partial charge in [0.25, 0.3) is 6.02 Å². The summed E-state index contributed by atoms with van der Waals surface area (Å²) in [6.07, 6.45) is 0.871. The van der Waals surface area contributed by atoms with E-state index in [2.05, 4.69) is 48.3 Å². The number of amidine groups is 1. The third-order valence-corrected chi connectivity index (χ3v) is 3.72. The van der Waals surface area contributed by atoms with Gasteiger partial charge in [0, 0.05) is 0 Å². The zero-order valence-electron chi connectivity index (χ0n) is 12.7. The third-order valence-electron chi connectivity index (χ3n) is 3.72. The zero-order chi connectivity index (χ0) is 15.4. The number of aliphatic imine (C=N–C) groups is 1. The molecule has 0 aromatic heterocycles. The van der Waals surface area contributed by atoms with Crippen molar-refractivity contribution in [1.29, 1.82) is 0 Å². The summed E-state index contributed by atoms with van der Waals surface area (Å²) in [5, 5.41) is 0. The van der Waals surface area contributed by atoms with Crippen LogP contribution in [0.15, 0.2) is 53.5 Å². The molecule has 0 saturated carbocycles. The number of ether oxygens (including phenoxy) is 2. The van der Waals surface area contributed by atoms with Gasteiger partial charge in [-0.3, -0.25) is 0 Å². The molecule has 1 aliphatic rings. The van der Waals surface area contributed by atoms with Crippen molar-refractivity contribution in [1.82, 2.24) is 0 Å². The monoisotopic (exact) mass is 296 g/mol. The summed E-state index contributed by atoms with van der Waals surface area (Å²) >= 11 is 0. The molecular weight excluding hydrogens is 276 g/mol. The molecule has 1 aliphatic heterocycles. The summed E-state index contributed by atoms with van der Waals surface area (Å²) in [5.41, 5.74) is 9.24. The maximum atomic E-state index is 5.82. The van der Waals surface area contributed by atoms with Crippen molar-refractivity contribution in [2.45, 2.75) is 19.4 Å². The lowest BCUT2D eigenvalue weighted by atomic mass is 9.98. The van der Waals surface area contributed by atoms with Gasteiger partial charge in [0.1, 0.15) is 12.4 Å². The largest absolute Gasteiger partial charge is 0.490 e. The molecule has 114 valence electrons. The van der Waals surface area contributed by atoms with Crippen LogP contribution >= 0.6 is 0 Å². The van der Waals surface area contributed by atoms with Crippen LogP contribution in [0.5, 0.6) is 5.75 Å². The van der Waals surface area contributed by atoms with Crippen molar-refractivity contribution >= 4 is 6.02 Å². The molecule has 1 unspecified atom stereocenters. The van der Waals surface area contributed by atoms with E-state index >= 15 is 0 Å². The van der Waals surface area contributed by atoms with Crippen LogP contribution in [0.2, 0.25) is 0 Å². The molecule has 4 nitrogen and oxygen atoms in total. The molecule has 0 aliphatic carbocycles. The highest BCUT2D eigenvalue weighted by Gasteiger charge is 2.18. The molecule has 0 amide bonds. The molecule has 22 heavy (non-hydrogen) atoms. The molecule has 0 fully saturated rings. The highest BCUT2D eigenvalue weighted by molar-refractivity contribution is 5.73. The average Bonchev–Trinajstić information content (AvgIpc) is 2.99. The van der Waals surface area contributed by atoms with Crippen LogP contribution in [0.3, 0.4) is 0 Å². The van der Waals surface area contributed by atoms with E-state index in [0.717, 1.165) is 12.2 Å². The third kappa shape index (κ3) is 3.22. The number of nitrogens with two attached hydrogens (primary N) is 1. The molecular formula is C18H20N2O2. The van der Waals surface area contributed by atoms with Gasteiger partial charge in [-0.05, 0) is 35.2 Å². The number of nitrogens with zero attached hydrogens (tertiary/aromatic N) is 1. The van der Waals surface area contributed by atoms with E-state index in [9.17, 15) is 0 Å². The van der Waals surface area contributed by atoms with Crippen molar-refractivity contribution < 1.29 is 9.47 Å². The van der Waals surface area contributed by atoms with Gasteiger partial charge >= 0.3 is 0 Å². The van der Waals surface area contributed by atoms with Gasteiger partial charge in [-0.25, -0.2) is 4.99 Å². The van der Waals surface area contributed by atoms with E-state index in [-0.39, 0.29) is 12.1 Å². The highest BCUT2D eigenvalue weighted by atomic mass is 16.5. The topological polar surface area (TPSA) is 56.8 Å². The molecule has 3 rings (SSSR count). The molecule has 0 radical (unpaired) electrons. The zero-order valence-corrected chi connectivity index (χ0v) is 12.7. The minimum atomic E-state index is -0.0844. The Bertz CT molecular complexity index is 668. The Morgan fingerprint density at radius 3 is 2.73 bits per heavy atom. The minimum Gasteiger partial charge on any atom is -0.490 e. The minimum absolute atomic E-state index is 0.0844. The molecule has 4 heteroatoms. The summed E-state index contributed by atoms with van der Waals surface area (Å²) in [7, 11) is 0. The molecule has 0 saturated heterocycles. The smallest absolute Gasteiger partial charge is 0.282 e. The number of benzene rings is 2. The van der Waals surface area contributed by atoms with Gasteiger partial charge in [0.05, 0.1) is 6.54 Å². The van der Waals surface area contributed by atoms with E-state index in [1.165, 1.54) is 16.7 Å². The quantitative estimate of drug-likeness (QED) is 0.922. The molecule has 2 aromatic rings. The van der Waals surface area contributed by atoms with Crippen LogP contribution in [0.4, 0.5) is 0 Å². The van der Waals surface area contributed by atoms with Crippen molar-refractivity contribution in [3.8, 4) is 16.9 Å². The number of hydrogen-bond acceptors (Lipinski definition) is 4. The van der Waals surface area contributed by atoms with Crippen molar-refractivity contribution in [3.05, 3.63) is 54.1 Å². The fraction of sp³-hybridized carbons (Fsp3) is 0.278. The molecule has 0 spiro atoms. The average molecular weight is 296 g/mol. The second kappa shape index (κ2) is 6.52. The Morgan fingerprint density at radius 2 is 2.05 bits per heavy atom. The molecule has 2 N–H and O–H groups in total. The normalized spacial score (nSPS) is 17.0. The van der Waals surface area contributed by atoms with Crippen molar-refractivity contribution in [3.63, 3.8) is 0 Å². The van der Waals surface area contributed by atoms with E-state index < -0.39 is 0 Å². The van der Waals surface area contributed by atoms with Crippen molar-refractivity contribution in [2.24, 2.45) is 10.7 Å². The van der Waals surface area contributed by atoms with Crippen molar-refractivity contribution in [2.75, 3.05) is 13.2 Å². The lowest BCUT2D eigenvalue weighted by molar-refractivity contribution is 0.141. The first-order valence-corrected chi connectivity index (χ1v) is 7.54. The summed E-state index contributed by atoms with van der Waals surface area (Å²) in [6.45, 7) is 3.17. The first-order chi connectivity index (χ1) is 10.8. The summed E-state index contributed by atoms with van der Waals surface area (Å²) in [4.78, 5) is 4.01. The fourth-order valence-corrected chi connectivity index (χ4v) is 2.56. The highest BCUT2D eigenvalue weighted by Crippen LogP contribution is 2.28. The Hall–Kier alpha value is -2.49. The second-order valence-electron chi connectivity index (χ2n) is 5.27. The van der Waals surface area contributed by atoms with E-state index in [1.54, 1.807) is 0 Å². The van der Waals surface area contributed by atoms with E-state index in [1.807, 2.05) is 12.1 Å². The SMILES string of the molecule is CCc1cc(OCC2CN=C(N)O2)ccc1-c1ccccc1. The van der Waals surface area contributed by atoms with Gasteiger partial charge in [0.2, 0.25) is 0 Å². The standard InChI is InChI=1S/C18H20N2O2/c1-2-13-10-15(21-12-16-11-20-18(19)22-16)8-9-17(13)14-6-4-3-5-7-14/h3-10,16H,2,11-12H2,1H3,(H2,19,20). The van der Waals surface area contributed by atoms with Crippen LogP contribution in [-0.2, 0) is 11.2 Å². The predicted octanol–water partition coefficient (Wildman–Crippen LogP) is 3.01. The maximum Gasteiger partial charge on any atom is 0.282 e. The van der Waals surface area contributed by atoms with Gasteiger partial charge in [-0.2, -0.15) is 0 Å². The van der Waals surface area contributed by atoms with E-state index in [4.69, 9.17) is 15.2 Å². The summed E-state index contributed by atoms with van der Waals surface area (Å²) in [6, 6.07) is 16.9. The van der Waals surface area contributed by atoms with Gasteiger partial charge in [-0.1, -0.05) is 43.3 Å². The van der Waals surface area contributed by atoms with E-state index in [0.29, 0.717) is 13.2 Å². The predicted molar refractivity (Wildman–Crippen MR) is 88.1 cm³/mol. The van der Waals surface area contributed by atoms with Gasteiger partial charge in [-0.15, -0.1) is 0 Å². The molecule has 1 heterocycles. The van der Waals surface area contributed by atoms with Crippen LogP contribution in [0.1, 0.15) is 12.5 Å². The van der Waals surface area contributed by atoms with Gasteiger partial charge in [0.15, 0.2) is 6.10 Å². The molecule has 2 aromatic carbocycles. The first kappa shape index (κ1) is 14.4. The Balaban J connectivity index is 1.72. The van der Waals surface area contributed by atoms with Gasteiger partial charge < -0.3 is 15.2 Å². The number of rotatable bonds is 5. The van der Waals surface area contributed by atoms with Crippen LogP contribution in [0.25, 0.3) is 11.1 Å². The summed E-state index contributed by atoms with van der Waals surface area (Å²) < 4.78 is 11.2. The maximum absolute atomic E-state index is 5.82. The number of aryl methyl sites for hydroxylation is 1. The lowest BCUT2D eigenvalue weighted by Crippen LogP contribution is -2.24. The molecule has 0 bridgehead atoms. The Kier molecular flexibility index (Phi) is 4.28. The van der Waals surface area contributed by atoms with Crippen LogP contribution in [-0.4, -0.2) is 25.3 Å². The Labute approximate surface area is 130 Å². The first-order valence-electron chi connectivity index (χ1n) is 7.54. The van der Waals surface area contributed by atoms with Crippen LogP contribution in [0, 0.1) is 0 Å². The molecule has 1 atom stereocenters. The summed E-state index contributed by atoms with van der Waals surface area (Å²) in [5.74, 6) is 0.852. The van der Waals surface area contributed by atoms with Crippen LogP contribution < -0.4 is 10.5 Å². The fourth-order valence-electron chi connectivity index (χ4n) is 2.56. The lowest BCUT2D eigenvalue weighted by Gasteiger charge is -2.14. The second-order valence-corrected chi connectivity index (χ2v) is 5.27. The number of hydrogen-bond donors (Lipinski definition) is 1.